The van der Waals surface area contributed by atoms with Crippen molar-refractivity contribution in [3.63, 3.8) is 0 Å². The van der Waals surface area contributed by atoms with Gasteiger partial charge in [0.15, 0.2) is 0 Å². The average molecular weight is 844 g/mol. The molecule has 57 heavy (non-hydrogen) atoms. The summed E-state index contributed by atoms with van der Waals surface area (Å²) in [5.74, 6) is 0.613. The van der Waals surface area contributed by atoms with Crippen molar-refractivity contribution in [1.82, 2.24) is 0 Å². The molecule has 0 heterocycles. The molecule has 0 saturated heterocycles. The Kier molecular flexibility index (Phi) is 52.8. The summed E-state index contributed by atoms with van der Waals surface area (Å²) >= 11 is 5.66. The van der Waals surface area contributed by atoms with E-state index in [0.29, 0.717) is 139 Å². The van der Waals surface area contributed by atoms with Gasteiger partial charge in [0.05, 0.1) is 126 Å². The van der Waals surface area contributed by atoms with E-state index in [2.05, 4.69) is 6.92 Å². The molecular formula is C44H87ClO12. The number of hydrogen-bond donors (Lipinski definition) is 0. The summed E-state index contributed by atoms with van der Waals surface area (Å²) in [5, 5.41) is 0. The zero-order chi connectivity index (χ0) is 41.1. The molecule has 0 aromatic carbocycles. The summed E-state index contributed by atoms with van der Waals surface area (Å²) in [4.78, 5) is 11.9. The first kappa shape index (κ1) is 56.4. The van der Waals surface area contributed by atoms with E-state index in [9.17, 15) is 4.79 Å². The molecule has 0 saturated carbocycles. The van der Waals surface area contributed by atoms with Crippen LogP contribution >= 0.6 is 11.6 Å². The highest BCUT2D eigenvalue weighted by Crippen LogP contribution is 2.14. The second kappa shape index (κ2) is 53.4. The highest BCUT2D eigenvalue weighted by Gasteiger charge is 2.03. The monoisotopic (exact) mass is 843 g/mol. The first-order chi connectivity index (χ1) is 28.3. The van der Waals surface area contributed by atoms with Crippen LogP contribution in [-0.2, 0) is 56.9 Å². The minimum absolute atomic E-state index is 0.129. The van der Waals surface area contributed by atoms with Gasteiger partial charge in [-0.05, 0) is 19.3 Å². The summed E-state index contributed by atoms with van der Waals surface area (Å²) in [6, 6.07) is 0. The molecule has 0 aliphatic carbocycles. The molecule has 0 aliphatic rings. The van der Waals surface area contributed by atoms with E-state index in [-0.39, 0.29) is 5.97 Å². The number of hydrogen-bond acceptors (Lipinski definition) is 12. The maximum Gasteiger partial charge on any atom is 0.305 e. The van der Waals surface area contributed by atoms with Gasteiger partial charge in [0.1, 0.15) is 6.61 Å². The second-order valence-corrected chi connectivity index (χ2v) is 14.5. The van der Waals surface area contributed by atoms with E-state index < -0.39 is 0 Å². The maximum atomic E-state index is 11.9. The third kappa shape index (κ3) is 53.3. The summed E-state index contributed by atoms with van der Waals surface area (Å²) in [6.07, 6.45) is 24.7. The molecule has 0 spiro atoms. The van der Waals surface area contributed by atoms with Crippen molar-refractivity contribution in [1.29, 1.82) is 0 Å². The van der Waals surface area contributed by atoms with Gasteiger partial charge in [-0.15, -0.1) is 11.6 Å². The average Bonchev–Trinajstić information content (AvgIpc) is 3.22. The van der Waals surface area contributed by atoms with Crippen LogP contribution in [0.5, 0.6) is 0 Å². The van der Waals surface area contributed by atoms with E-state index in [4.69, 9.17) is 63.7 Å². The predicted molar refractivity (Wildman–Crippen MR) is 228 cm³/mol. The number of alkyl halides is 1. The van der Waals surface area contributed by atoms with E-state index in [1.807, 2.05) is 0 Å². The lowest BCUT2D eigenvalue weighted by Gasteiger charge is -2.09. The molecular weight excluding hydrogens is 756 g/mol. The number of esters is 1. The van der Waals surface area contributed by atoms with Crippen LogP contribution in [0.3, 0.4) is 0 Å². The lowest BCUT2D eigenvalue weighted by molar-refractivity contribution is -0.145. The molecule has 0 aromatic heterocycles. The maximum absolute atomic E-state index is 11.9. The number of ether oxygens (including phenoxy) is 11. The molecule has 0 N–H and O–H groups in total. The Hall–Kier alpha value is -0.640. The van der Waals surface area contributed by atoms with Crippen LogP contribution in [-0.4, -0.2) is 151 Å². The van der Waals surface area contributed by atoms with Crippen molar-refractivity contribution < 1.29 is 56.9 Å². The molecule has 0 bridgehead atoms. The van der Waals surface area contributed by atoms with Crippen LogP contribution in [0.15, 0.2) is 0 Å². The molecule has 0 aliphatic heterocycles. The highest BCUT2D eigenvalue weighted by molar-refractivity contribution is 6.17. The fourth-order valence-corrected chi connectivity index (χ4v) is 5.85. The first-order valence-electron chi connectivity index (χ1n) is 22.8. The van der Waals surface area contributed by atoms with Gasteiger partial charge in [0.2, 0.25) is 0 Å². The molecule has 13 heteroatoms. The zero-order valence-electron chi connectivity index (χ0n) is 36.5. The van der Waals surface area contributed by atoms with Crippen molar-refractivity contribution in [2.24, 2.45) is 0 Å². The Morgan fingerprint density at radius 1 is 0.298 bits per heavy atom. The topological polar surface area (TPSA) is 119 Å². The van der Waals surface area contributed by atoms with E-state index in [0.717, 1.165) is 38.2 Å². The van der Waals surface area contributed by atoms with Gasteiger partial charge in [0.25, 0.3) is 0 Å². The molecule has 12 nitrogen and oxygen atoms in total. The Balaban J connectivity index is 3.12. The molecule has 0 amide bonds. The van der Waals surface area contributed by atoms with Crippen molar-refractivity contribution >= 4 is 17.6 Å². The van der Waals surface area contributed by atoms with Crippen LogP contribution in [0.2, 0.25) is 0 Å². The van der Waals surface area contributed by atoms with E-state index in [1.165, 1.54) is 96.3 Å². The lowest BCUT2D eigenvalue weighted by atomic mass is 10.0. The molecule has 342 valence electrons. The number of carbonyl (C=O) groups is 1. The van der Waals surface area contributed by atoms with Gasteiger partial charge in [-0.1, -0.05) is 110 Å². The van der Waals surface area contributed by atoms with E-state index in [1.54, 1.807) is 0 Å². The van der Waals surface area contributed by atoms with Crippen LogP contribution in [0.1, 0.15) is 135 Å². The zero-order valence-corrected chi connectivity index (χ0v) is 37.2. The van der Waals surface area contributed by atoms with Gasteiger partial charge in [-0.2, -0.15) is 0 Å². The van der Waals surface area contributed by atoms with Crippen molar-refractivity contribution in [3.05, 3.63) is 0 Å². The number of halogens is 1. The van der Waals surface area contributed by atoms with Crippen LogP contribution < -0.4 is 0 Å². The molecule has 0 atom stereocenters. The third-order valence-electron chi connectivity index (χ3n) is 9.00. The second-order valence-electron chi connectivity index (χ2n) is 14.1. The van der Waals surface area contributed by atoms with Gasteiger partial charge in [-0.25, -0.2) is 0 Å². The largest absolute Gasteiger partial charge is 0.463 e. The van der Waals surface area contributed by atoms with E-state index >= 15 is 0 Å². The highest BCUT2D eigenvalue weighted by atomic mass is 35.5. The van der Waals surface area contributed by atoms with Gasteiger partial charge < -0.3 is 52.1 Å². The Morgan fingerprint density at radius 3 is 0.860 bits per heavy atom. The predicted octanol–water partition coefficient (Wildman–Crippen LogP) is 8.76. The number of unbranched alkanes of at least 4 members (excludes halogenated alkanes) is 17. The molecule has 0 rings (SSSR count). The van der Waals surface area contributed by atoms with Crippen molar-refractivity contribution in [2.75, 3.05) is 145 Å². The number of carbonyl (C=O) groups excluding carboxylic acids is 1. The number of rotatable bonds is 52. The van der Waals surface area contributed by atoms with Gasteiger partial charge in [0, 0.05) is 18.9 Å². The Bertz CT molecular complexity index is 739. The van der Waals surface area contributed by atoms with Crippen LogP contribution in [0.4, 0.5) is 0 Å². The lowest BCUT2D eigenvalue weighted by Crippen LogP contribution is -2.15. The minimum atomic E-state index is -0.129. The fourth-order valence-electron chi connectivity index (χ4n) is 5.66. The van der Waals surface area contributed by atoms with Gasteiger partial charge >= 0.3 is 5.97 Å². The minimum Gasteiger partial charge on any atom is -0.463 e. The SMILES string of the molecule is CCCCCCCCCCCCCCCCCC(=O)OCCOCCOCCOCCOCCOCCOCCOCCOCCOCCOCCCCCCCl. The summed E-state index contributed by atoms with van der Waals surface area (Å²) < 4.78 is 60.3. The quantitative estimate of drug-likeness (QED) is 0.0331. The van der Waals surface area contributed by atoms with Crippen LogP contribution in [0, 0.1) is 0 Å². The summed E-state index contributed by atoms with van der Waals surface area (Å²) in [7, 11) is 0. The molecule has 0 aromatic rings. The van der Waals surface area contributed by atoms with Crippen molar-refractivity contribution in [2.45, 2.75) is 135 Å². The summed E-state index contributed by atoms with van der Waals surface area (Å²) in [5.41, 5.74) is 0. The summed E-state index contributed by atoms with van der Waals surface area (Å²) in [6.45, 7) is 13.1. The standard InChI is InChI=1S/C44H87ClO12/c1-2-3-4-5-6-7-8-9-10-11-12-13-14-15-18-21-44(46)57-43-42-56-41-40-55-39-38-54-37-36-53-35-34-52-33-32-51-31-30-50-29-28-49-27-26-48-25-24-47-23-20-17-16-19-22-45/h2-43H2,1H3. The fraction of sp³-hybridized carbons (Fsp3) is 0.977. The Morgan fingerprint density at radius 2 is 0.544 bits per heavy atom. The van der Waals surface area contributed by atoms with Crippen LogP contribution in [0.25, 0.3) is 0 Å². The Labute approximate surface area is 353 Å². The molecule has 0 unspecified atom stereocenters. The third-order valence-corrected chi connectivity index (χ3v) is 9.26. The smallest absolute Gasteiger partial charge is 0.305 e. The normalized spacial score (nSPS) is 11.5. The van der Waals surface area contributed by atoms with Crippen molar-refractivity contribution in [3.8, 4) is 0 Å². The molecule has 0 fully saturated rings. The molecule has 0 radical (unpaired) electrons. The van der Waals surface area contributed by atoms with Gasteiger partial charge in [-0.3, -0.25) is 4.79 Å². The first-order valence-corrected chi connectivity index (χ1v) is 23.3.